The van der Waals surface area contributed by atoms with Gasteiger partial charge in [0, 0.05) is 19.1 Å². The number of anilines is 1. The molecular weight excluding hydrogens is 208 g/mol. The maximum atomic E-state index is 5.19. The molecule has 1 aromatic heterocycles. The maximum Gasteiger partial charge on any atom is 0.225 e. The highest BCUT2D eigenvalue weighted by molar-refractivity contribution is 7.71. The lowest BCUT2D eigenvalue weighted by atomic mass is 10.1. The van der Waals surface area contributed by atoms with Crippen LogP contribution in [0.2, 0.25) is 0 Å². The molecule has 4 nitrogen and oxygen atoms in total. The van der Waals surface area contributed by atoms with Crippen LogP contribution in [0.15, 0.2) is 0 Å². The van der Waals surface area contributed by atoms with Crippen LogP contribution in [0.25, 0.3) is 0 Å². The minimum absolute atomic E-state index is 0.565. The van der Waals surface area contributed by atoms with Crippen molar-refractivity contribution in [1.29, 1.82) is 0 Å². The van der Waals surface area contributed by atoms with Crippen LogP contribution < -0.4 is 4.90 Å². The van der Waals surface area contributed by atoms with Crippen molar-refractivity contribution in [3.05, 3.63) is 4.77 Å². The Balaban J connectivity index is 2.33. The number of nitrogens with one attached hydrogen (secondary N) is 1. The summed E-state index contributed by atoms with van der Waals surface area (Å²) in [5.74, 6) is 1.75. The van der Waals surface area contributed by atoms with E-state index in [4.69, 9.17) is 12.2 Å². The fourth-order valence-corrected chi connectivity index (χ4v) is 2.65. The third-order valence-corrected chi connectivity index (χ3v) is 3.41. The standard InChI is InChI=1S/C10H18N4S/c1-4-13-9(11-12-10(13)15)14-6-7(2)5-8(14)3/h7-8H,4-6H2,1-3H3,(H,12,15). The molecule has 15 heavy (non-hydrogen) atoms. The Morgan fingerprint density at radius 3 is 2.80 bits per heavy atom. The quantitative estimate of drug-likeness (QED) is 0.785. The lowest BCUT2D eigenvalue weighted by Crippen LogP contribution is -2.29. The van der Waals surface area contributed by atoms with Gasteiger partial charge in [-0.2, -0.15) is 0 Å². The van der Waals surface area contributed by atoms with Crippen molar-refractivity contribution in [3.8, 4) is 0 Å². The summed E-state index contributed by atoms with van der Waals surface area (Å²) in [5, 5.41) is 7.20. The molecule has 84 valence electrons. The van der Waals surface area contributed by atoms with Crippen LogP contribution in [0.1, 0.15) is 27.2 Å². The molecule has 1 N–H and O–H groups in total. The molecule has 2 rings (SSSR count). The van der Waals surface area contributed by atoms with Crippen LogP contribution in [0.4, 0.5) is 5.95 Å². The van der Waals surface area contributed by atoms with Crippen molar-refractivity contribution in [1.82, 2.24) is 14.8 Å². The Morgan fingerprint density at radius 1 is 1.53 bits per heavy atom. The number of aromatic nitrogens is 3. The van der Waals surface area contributed by atoms with Gasteiger partial charge in [0.05, 0.1) is 0 Å². The molecule has 0 bridgehead atoms. The number of hydrogen-bond acceptors (Lipinski definition) is 3. The van der Waals surface area contributed by atoms with Gasteiger partial charge in [0.25, 0.3) is 0 Å². The van der Waals surface area contributed by atoms with Crippen molar-refractivity contribution in [3.63, 3.8) is 0 Å². The Hall–Kier alpha value is -0.840. The Morgan fingerprint density at radius 2 is 2.27 bits per heavy atom. The summed E-state index contributed by atoms with van der Waals surface area (Å²) in [6.45, 7) is 8.59. The van der Waals surface area contributed by atoms with Crippen LogP contribution >= 0.6 is 12.2 Å². The van der Waals surface area contributed by atoms with Crippen LogP contribution in [-0.2, 0) is 6.54 Å². The molecule has 1 aliphatic heterocycles. The molecule has 0 saturated carbocycles. The lowest BCUT2D eigenvalue weighted by Gasteiger charge is -2.22. The zero-order valence-electron chi connectivity index (χ0n) is 9.53. The molecule has 0 aliphatic carbocycles. The first-order valence-corrected chi connectivity index (χ1v) is 5.96. The third kappa shape index (κ3) is 1.80. The topological polar surface area (TPSA) is 36.9 Å². The predicted molar refractivity (Wildman–Crippen MR) is 63.7 cm³/mol. The normalized spacial score (nSPS) is 26.2. The maximum absolute atomic E-state index is 5.19. The predicted octanol–water partition coefficient (Wildman–Crippen LogP) is 2.20. The zero-order valence-corrected chi connectivity index (χ0v) is 10.3. The third-order valence-electron chi connectivity index (χ3n) is 3.10. The largest absolute Gasteiger partial charge is 0.338 e. The van der Waals surface area contributed by atoms with E-state index in [0.717, 1.165) is 29.7 Å². The summed E-state index contributed by atoms with van der Waals surface area (Å²) < 4.78 is 2.78. The van der Waals surface area contributed by atoms with Crippen LogP contribution in [-0.4, -0.2) is 27.4 Å². The van der Waals surface area contributed by atoms with Crippen LogP contribution in [0.5, 0.6) is 0 Å². The number of aromatic amines is 1. The number of rotatable bonds is 2. The van der Waals surface area contributed by atoms with Gasteiger partial charge in [-0.05, 0) is 38.4 Å². The minimum Gasteiger partial charge on any atom is -0.338 e. The van der Waals surface area contributed by atoms with E-state index < -0.39 is 0 Å². The van der Waals surface area contributed by atoms with E-state index in [-0.39, 0.29) is 0 Å². The Labute approximate surface area is 95.3 Å². The average molecular weight is 226 g/mol. The SMILES string of the molecule is CCn1c(N2CC(C)CC2C)n[nH]c1=S. The van der Waals surface area contributed by atoms with E-state index in [9.17, 15) is 0 Å². The first kappa shape index (κ1) is 10.7. The van der Waals surface area contributed by atoms with E-state index in [1.165, 1.54) is 6.42 Å². The van der Waals surface area contributed by atoms with Crippen molar-refractivity contribution >= 4 is 18.2 Å². The molecular formula is C10H18N4S. The number of hydrogen-bond donors (Lipinski definition) is 1. The zero-order chi connectivity index (χ0) is 11.0. The molecule has 0 amide bonds. The van der Waals surface area contributed by atoms with Crippen LogP contribution in [0, 0.1) is 10.7 Å². The fraction of sp³-hybridized carbons (Fsp3) is 0.800. The molecule has 0 aromatic carbocycles. The summed E-state index contributed by atoms with van der Waals surface area (Å²) in [7, 11) is 0. The summed E-state index contributed by atoms with van der Waals surface area (Å²) in [6.07, 6.45) is 1.24. The molecule has 5 heteroatoms. The molecule has 0 radical (unpaired) electrons. The van der Waals surface area contributed by atoms with Gasteiger partial charge in [0.1, 0.15) is 0 Å². The molecule has 2 unspecified atom stereocenters. The minimum atomic E-state index is 0.565. The van der Waals surface area contributed by atoms with Gasteiger partial charge in [-0.15, -0.1) is 5.10 Å². The van der Waals surface area contributed by atoms with Gasteiger partial charge in [0.15, 0.2) is 4.77 Å². The Bertz CT molecular complexity index is 394. The molecule has 1 saturated heterocycles. The second-order valence-corrected chi connectivity index (χ2v) is 4.80. The smallest absolute Gasteiger partial charge is 0.225 e. The van der Waals surface area contributed by atoms with Gasteiger partial charge in [-0.3, -0.25) is 4.57 Å². The van der Waals surface area contributed by atoms with E-state index in [2.05, 4.69) is 40.4 Å². The number of nitrogens with zero attached hydrogens (tertiary/aromatic N) is 3. The lowest BCUT2D eigenvalue weighted by molar-refractivity contribution is 0.624. The molecule has 2 atom stereocenters. The van der Waals surface area contributed by atoms with Gasteiger partial charge in [0.2, 0.25) is 5.95 Å². The Kier molecular flexibility index (Phi) is 2.82. The highest BCUT2D eigenvalue weighted by Gasteiger charge is 2.29. The monoisotopic (exact) mass is 226 g/mol. The second-order valence-electron chi connectivity index (χ2n) is 4.42. The van der Waals surface area contributed by atoms with Crippen molar-refractivity contribution < 1.29 is 0 Å². The van der Waals surface area contributed by atoms with Gasteiger partial charge in [-0.1, -0.05) is 6.92 Å². The molecule has 2 heterocycles. The summed E-state index contributed by atoms with van der Waals surface area (Å²) in [6, 6.07) is 0.565. The average Bonchev–Trinajstić information content (AvgIpc) is 2.69. The van der Waals surface area contributed by atoms with E-state index in [1.54, 1.807) is 0 Å². The fourth-order valence-electron chi connectivity index (χ4n) is 2.39. The first-order chi connectivity index (χ1) is 7.13. The van der Waals surface area contributed by atoms with Gasteiger partial charge in [-0.25, -0.2) is 5.10 Å². The summed E-state index contributed by atoms with van der Waals surface area (Å²) in [5.41, 5.74) is 0. The second kappa shape index (κ2) is 3.96. The molecule has 1 fully saturated rings. The van der Waals surface area contributed by atoms with E-state index in [0.29, 0.717) is 6.04 Å². The van der Waals surface area contributed by atoms with Gasteiger partial charge >= 0.3 is 0 Å². The highest BCUT2D eigenvalue weighted by Crippen LogP contribution is 2.27. The number of H-pyrrole nitrogens is 1. The first-order valence-electron chi connectivity index (χ1n) is 5.55. The van der Waals surface area contributed by atoms with Gasteiger partial charge < -0.3 is 4.90 Å². The van der Waals surface area contributed by atoms with Crippen molar-refractivity contribution in [2.75, 3.05) is 11.4 Å². The molecule has 1 aliphatic rings. The molecule has 0 spiro atoms. The summed E-state index contributed by atoms with van der Waals surface area (Å²) >= 11 is 5.19. The van der Waals surface area contributed by atoms with E-state index >= 15 is 0 Å². The van der Waals surface area contributed by atoms with E-state index in [1.807, 2.05) is 0 Å². The van der Waals surface area contributed by atoms with Crippen LogP contribution in [0.3, 0.4) is 0 Å². The van der Waals surface area contributed by atoms with Crippen molar-refractivity contribution in [2.45, 2.75) is 39.8 Å². The highest BCUT2D eigenvalue weighted by atomic mass is 32.1. The van der Waals surface area contributed by atoms with Crippen molar-refractivity contribution in [2.24, 2.45) is 5.92 Å². The molecule has 1 aromatic rings. The summed E-state index contributed by atoms with van der Waals surface area (Å²) in [4.78, 5) is 2.35.